The van der Waals surface area contributed by atoms with Crippen molar-refractivity contribution in [2.75, 3.05) is 34.5 Å². The summed E-state index contributed by atoms with van der Waals surface area (Å²) in [5, 5.41) is 5.82. The SMILES string of the molecule is COC(=O)C1O[C@@H](Oc2ccc(OC)cc2)C(OC(=O)c2ccccc2)[C@H](OCc2ccccc2)[C@@H]1O[C@H]1OC(COC(C)=O)[C@@H](O[C@@H]2OC(C(=O)OC)[C@H](O[C@@H]3OC(COC(C)=O)[C@@H](C)[C@H](C)C3NC(C)=O)[C@@H](OCc3ccccc3)C2OC(=O)c2ccccc2)[C@H](C)C1NC(C)=O. The largest absolute Gasteiger partial charge is 0.497 e. The first-order chi connectivity index (χ1) is 47.6. The zero-order valence-corrected chi connectivity index (χ0v) is 56.4. The third-order valence-electron chi connectivity index (χ3n) is 17.4. The molecule has 20 atom stereocenters. The molecule has 0 bridgehead atoms. The molecular formula is C72H84N2O25. The summed E-state index contributed by atoms with van der Waals surface area (Å²) < 4.78 is 108. The van der Waals surface area contributed by atoms with Gasteiger partial charge in [-0.05, 0) is 71.5 Å². The molecule has 0 saturated carbocycles. The van der Waals surface area contributed by atoms with Gasteiger partial charge in [0.1, 0.15) is 55.2 Å². The minimum absolute atomic E-state index is 0.0644. The summed E-state index contributed by atoms with van der Waals surface area (Å²) in [5.41, 5.74) is 1.45. The van der Waals surface area contributed by atoms with E-state index in [1.54, 1.807) is 128 Å². The van der Waals surface area contributed by atoms with Gasteiger partial charge in [0, 0.05) is 33.6 Å². The van der Waals surface area contributed by atoms with Crippen molar-refractivity contribution in [3.63, 3.8) is 0 Å². The zero-order chi connectivity index (χ0) is 70.9. The van der Waals surface area contributed by atoms with Crippen molar-refractivity contribution < 1.29 is 119 Å². The monoisotopic (exact) mass is 1380 g/mol. The third-order valence-corrected chi connectivity index (χ3v) is 17.4. The fraction of sp³-hybridized carbons (Fsp3) is 0.472. The Morgan fingerprint density at radius 3 is 1.23 bits per heavy atom. The topological polar surface area (TPSA) is 318 Å². The van der Waals surface area contributed by atoms with E-state index in [2.05, 4.69) is 10.6 Å². The third kappa shape index (κ3) is 19.3. The van der Waals surface area contributed by atoms with Crippen LogP contribution in [-0.2, 0) is 113 Å². The molecule has 0 radical (unpaired) electrons. The lowest BCUT2D eigenvalue weighted by atomic mass is 9.82. The summed E-state index contributed by atoms with van der Waals surface area (Å²) >= 11 is 0. The van der Waals surface area contributed by atoms with Crippen LogP contribution in [0.4, 0.5) is 0 Å². The average molecular weight is 1380 g/mol. The van der Waals surface area contributed by atoms with Gasteiger partial charge in [-0.1, -0.05) is 118 Å². The Kier molecular flexibility index (Phi) is 26.5. The number of benzene rings is 5. The number of hydrogen-bond donors (Lipinski definition) is 2. The highest BCUT2D eigenvalue weighted by Gasteiger charge is 2.60. The van der Waals surface area contributed by atoms with Crippen LogP contribution in [0.5, 0.6) is 11.5 Å². The molecule has 5 aromatic rings. The van der Waals surface area contributed by atoms with Gasteiger partial charge in [0.15, 0.2) is 43.3 Å². The van der Waals surface area contributed by atoms with Crippen LogP contribution < -0.4 is 20.1 Å². The number of carbonyl (C=O) groups is 8. The highest BCUT2D eigenvalue weighted by molar-refractivity contribution is 5.90. The van der Waals surface area contributed by atoms with E-state index in [1.165, 1.54) is 52.1 Å². The second-order valence-electron chi connectivity index (χ2n) is 24.2. The number of amides is 2. The van der Waals surface area contributed by atoms with E-state index < -0.39 is 170 Å². The minimum Gasteiger partial charge on any atom is -0.497 e. The van der Waals surface area contributed by atoms with Gasteiger partial charge in [0.2, 0.25) is 18.1 Å². The molecule has 99 heavy (non-hydrogen) atoms. The molecule has 0 spiro atoms. The summed E-state index contributed by atoms with van der Waals surface area (Å²) in [7, 11) is 3.70. The molecule has 8 unspecified atom stereocenters. The normalized spacial score (nSPS) is 29.6. The van der Waals surface area contributed by atoms with E-state index in [9.17, 15) is 38.4 Å². The molecule has 4 aliphatic heterocycles. The Morgan fingerprint density at radius 1 is 0.404 bits per heavy atom. The molecule has 2 N–H and O–H groups in total. The second-order valence-corrected chi connectivity index (χ2v) is 24.2. The fourth-order valence-corrected chi connectivity index (χ4v) is 12.1. The number of nitrogens with one attached hydrogen (secondary N) is 2. The van der Waals surface area contributed by atoms with Gasteiger partial charge in [-0.15, -0.1) is 0 Å². The Labute approximate surface area is 572 Å². The summed E-state index contributed by atoms with van der Waals surface area (Å²) in [4.78, 5) is 110. The average Bonchev–Trinajstić information content (AvgIpc) is 0.766. The van der Waals surface area contributed by atoms with E-state index in [0.29, 0.717) is 16.9 Å². The molecule has 4 fully saturated rings. The Bertz CT molecular complexity index is 3480. The Hall–Kier alpha value is -8.90. The number of ether oxygens (including phenoxy) is 17. The van der Waals surface area contributed by atoms with Crippen LogP contribution in [0.15, 0.2) is 146 Å². The molecule has 532 valence electrons. The molecule has 27 nitrogen and oxygen atoms in total. The first-order valence-corrected chi connectivity index (χ1v) is 32.3. The smallest absolute Gasteiger partial charge is 0.338 e. The molecule has 4 saturated heterocycles. The number of esters is 6. The van der Waals surface area contributed by atoms with Crippen molar-refractivity contribution >= 4 is 47.6 Å². The maximum Gasteiger partial charge on any atom is 0.338 e. The molecule has 4 heterocycles. The summed E-state index contributed by atoms with van der Waals surface area (Å²) in [5.74, 6) is -7.47. The second kappa shape index (κ2) is 35.2. The van der Waals surface area contributed by atoms with Gasteiger partial charge in [0.25, 0.3) is 0 Å². The van der Waals surface area contributed by atoms with Crippen LogP contribution in [0.2, 0.25) is 0 Å². The van der Waals surface area contributed by atoms with Gasteiger partial charge < -0.3 is 91.2 Å². The summed E-state index contributed by atoms with van der Waals surface area (Å²) in [6, 6.07) is 37.9. The van der Waals surface area contributed by atoms with E-state index in [1.807, 2.05) is 13.8 Å². The molecule has 2 amide bonds. The number of rotatable bonds is 27. The highest BCUT2D eigenvalue weighted by atomic mass is 16.8. The maximum atomic E-state index is 14.7. The van der Waals surface area contributed by atoms with Crippen LogP contribution >= 0.6 is 0 Å². The number of methoxy groups -OCH3 is 3. The lowest BCUT2D eigenvalue weighted by Crippen LogP contribution is -2.69. The fourth-order valence-electron chi connectivity index (χ4n) is 12.1. The van der Waals surface area contributed by atoms with Crippen LogP contribution in [0.25, 0.3) is 0 Å². The van der Waals surface area contributed by atoms with E-state index in [4.69, 9.17) is 80.5 Å². The first kappa shape index (κ1) is 74.3. The van der Waals surface area contributed by atoms with Crippen LogP contribution in [0.3, 0.4) is 0 Å². The Morgan fingerprint density at radius 2 is 0.798 bits per heavy atom. The van der Waals surface area contributed by atoms with Crippen molar-refractivity contribution in [2.24, 2.45) is 17.8 Å². The van der Waals surface area contributed by atoms with Crippen molar-refractivity contribution in [2.45, 2.75) is 166 Å². The van der Waals surface area contributed by atoms with Crippen molar-refractivity contribution in [3.8, 4) is 11.5 Å². The minimum atomic E-state index is -1.91. The van der Waals surface area contributed by atoms with Crippen LogP contribution in [0.1, 0.15) is 80.3 Å². The summed E-state index contributed by atoms with van der Waals surface area (Å²) in [6.45, 7) is 9.03. The number of hydrogen-bond acceptors (Lipinski definition) is 25. The molecule has 9 rings (SSSR count). The predicted octanol–water partition coefficient (Wildman–Crippen LogP) is 6.14. The molecule has 0 aromatic heterocycles. The van der Waals surface area contributed by atoms with Gasteiger partial charge in [-0.25, -0.2) is 19.2 Å². The van der Waals surface area contributed by atoms with E-state index in [-0.39, 0.29) is 42.6 Å². The van der Waals surface area contributed by atoms with Crippen molar-refractivity contribution in [3.05, 3.63) is 168 Å². The summed E-state index contributed by atoms with van der Waals surface area (Å²) in [6.07, 6.45) is -24.0. The van der Waals surface area contributed by atoms with Gasteiger partial charge in [0.05, 0.1) is 70.0 Å². The lowest BCUT2D eigenvalue weighted by molar-refractivity contribution is -0.368. The molecule has 5 aromatic carbocycles. The quantitative estimate of drug-likeness (QED) is 0.0440. The predicted molar refractivity (Wildman–Crippen MR) is 344 cm³/mol. The first-order valence-electron chi connectivity index (χ1n) is 32.3. The van der Waals surface area contributed by atoms with Gasteiger partial charge >= 0.3 is 35.8 Å². The van der Waals surface area contributed by atoms with Gasteiger partial charge in [-0.3, -0.25) is 19.2 Å². The van der Waals surface area contributed by atoms with Gasteiger partial charge in [-0.2, -0.15) is 0 Å². The van der Waals surface area contributed by atoms with E-state index >= 15 is 0 Å². The lowest BCUT2D eigenvalue weighted by Gasteiger charge is -2.51. The highest BCUT2D eigenvalue weighted by Crippen LogP contribution is 2.41. The standard InChI is InChI=1S/C72H84N2O25/c1-39-40(2)54(73-42(4)75)69(91-52(39)37-86-44(6)77)96-60-58(89-36-47-25-17-12-18-26-47)64(94-66(80)49-29-21-14-22-30-49)72(99-62(60)68(82)85-10)95-56-41(3)55(74-43(5)76)70(92-53(56)38-87-45(7)78)97-59-57(88-35-46-23-15-11-16-24-46)63(93-65(79)48-27-19-13-20-28-48)71(98-61(59)67(81)84-9)90-51-33-31-50(83-8)32-34-51/h11-34,39-41,52-64,69-72H,35-38H2,1-10H3,(H,73,75)(H,74,76)/t39-,40-,41+,52?,53?,54?,55?,56-,57+,58+,59-,60+,61?,62?,63?,64?,69-,70+,71+,72+/m0/s1. The molecule has 4 aliphatic rings. The van der Waals surface area contributed by atoms with E-state index in [0.717, 1.165) is 21.1 Å². The number of carbonyl (C=O) groups excluding carboxylic acids is 8. The van der Waals surface area contributed by atoms with Crippen LogP contribution in [-0.4, -0.2) is 187 Å². The zero-order valence-electron chi connectivity index (χ0n) is 56.4. The maximum absolute atomic E-state index is 14.7. The molecular weight excluding hydrogens is 1290 g/mol. The molecule has 0 aliphatic carbocycles. The van der Waals surface area contributed by atoms with Crippen LogP contribution in [0, 0.1) is 17.8 Å². The van der Waals surface area contributed by atoms with Crippen molar-refractivity contribution in [1.29, 1.82) is 0 Å². The van der Waals surface area contributed by atoms with Crippen molar-refractivity contribution in [1.82, 2.24) is 10.6 Å². The molecule has 27 heteroatoms. The Balaban J connectivity index is 1.14.